The van der Waals surface area contributed by atoms with Crippen molar-refractivity contribution in [3.63, 3.8) is 0 Å². The van der Waals surface area contributed by atoms with Crippen molar-refractivity contribution in [1.82, 2.24) is 4.98 Å². The highest BCUT2D eigenvalue weighted by Gasteiger charge is 2.04. The molecular formula is C14H9N7. The summed E-state index contributed by atoms with van der Waals surface area (Å²) in [5.74, 6) is 5.42. The number of amidine groups is 1. The molecule has 1 aromatic heterocycles. The zero-order valence-electron chi connectivity index (χ0n) is 10.8. The summed E-state index contributed by atoms with van der Waals surface area (Å²) >= 11 is 0. The van der Waals surface area contributed by atoms with Crippen LogP contribution < -0.4 is 5.84 Å². The average molecular weight is 275 g/mol. The van der Waals surface area contributed by atoms with Crippen LogP contribution in [-0.2, 0) is 0 Å². The van der Waals surface area contributed by atoms with E-state index in [0.717, 1.165) is 0 Å². The zero-order chi connectivity index (χ0) is 15.1. The van der Waals surface area contributed by atoms with Gasteiger partial charge in [-0.15, -0.1) is 10.2 Å². The third-order valence-electron chi connectivity index (χ3n) is 2.45. The van der Waals surface area contributed by atoms with Crippen molar-refractivity contribution in [3.8, 4) is 12.1 Å². The number of hydrazone groups is 1. The minimum absolute atomic E-state index is 0.150. The molecule has 0 atom stereocenters. The molecular weight excluding hydrogens is 266 g/mol. The van der Waals surface area contributed by atoms with Crippen molar-refractivity contribution in [2.75, 3.05) is 0 Å². The maximum atomic E-state index is 8.90. The van der Waals surface area contributed by atoms with Crippen LogP contribution in [0.5, 0.6) is 0 Å². The lowest BCUT2D eigenvalue weighted by molar-refractivity contribution is 1.15. The van der Waals surface area contributed by atoms with Gasteiger partial charge in [0, 0.05) is 6.20 Å². The van der Waals surface area contributed by atoms with E-state index in [4.69, 9.17) is 16.4 Å². The molecule has 1 aromatic carbocycles. The number of nitrogens with two attached hydrogens (primary N) is 1. The summed E-state index contributed by atoms with van der Waals surface area (Å²) in [4.78, 5) is 4.06. The van der Waals surface area contributed by atoms with Gasteiger partial charge in [0.1, 0.15) is 5.69 Å². The Kier molecular flexibility index (Phi) is 4.32. The Hall–Kier alpha value is -3.58. The fourth-order valence-electron chi connectivity index (χ4n) is 1.54. The molecule has 100 valence electrons. The molecule has 0 fully saturated rings. The molecule has 2 rings (SSSR count). The predicted molar refractivity (Wildman–Crippen MR) is 75.3 cm³/mol. The number of benzene rings is 1. The summed E-state index contributed by atoms with van der Waals surface area (Å²) in [6, 6.07) is 13.6. The van der Waals surface area contributed by atoms with Gasteiger partial charge in [0.25, 0.3) is 0 Å². The summed E-state index contributed by atoms with van der Waals surface area (Å²) in [6.07, 6.45) is 1.58. The monoisotopic (exact) mass is 275 g/mol. The molecule has 0 aliphatic carbocycles. The summed E-state index contributed by atoms with van der Waals surface area (Å²) in [5, 5.41) is 29.2. The van der Waals surface area contributed by atoms with Gasteiger partial charge in [-0.3, -0.25) is 4.98 Å². The molecule has 0 saturated heterocycles. The van der Waals surface area contributed by atoms with Gasteiger partial charge in [0.2, 0.25) is 5.84 Å². The fraction of sp³-hybridized carbons (Fsp3) is 0. The number of nitrogens with zero attached hydrogens (tertiary/aromatic N) is 6. The summed E-state index contributed by atoms with van der Waals surface area (Å²) < 4.78 is 0. The van der Waals surface area contributed by atoms with E-state index < -0.39 is 0 Å². The fourth-order valence-corrected chi connectivity index (χ4v) is 1.54. The van der Waals surface area contributed by atoms with Crippen LogP contribution in [0.3, 0.4) is 0 Å². The smallest absolute Gasteiger partial charge is 0.218 e. The maximum Gasteiger partial charge on any atom is 0.218 e. The van der Waals surface area contributed by atoms with Crippen LogP contribution >= 0.6 is 0 Å². The predicted octanol–water partition coefficient (Wildman–Crippen LogP) is 2.23. The summed E-state index contributed by atoms with van der Waals surface area (Å²) in [7, 11) is 0. The van der Waals surface area contributed by atoms with E-state index in [-0.39, 0.29) is 5.84 Å². The van der Waals surface area contributed by atoms with E-state index in [1.807, 2.05) is 12.1 Å². The van der Waals surface area contributed by atoms with Gasteiger partial charge >= 0.3 is 0 Å². The summed E-state index contributed by atoms with van der Waals surface area (Å²) in [5.41, 5.74) is 1.49. The lowest BCUT2D eigenvalue weighted by Crippen LogP contribution is -2.02. The van der Waals surface area contributed by atoms with Gasteiger partial charge in [-0.05, 0) is 30.3 Å². The van der Waals surface area contributed by atoms with Gasteiger partial charge in [-0.1, -0.05) is 6.07 Å². The Morgan fingerprint density at radius 3 is 2.33 bits per heavy atom. The van der Waals surface area contributed by atoms with Gasteiger partial charge in [0.05, 0.1) is 29.0 Å². The first-order chi connectivity index (χ1) is 10.3. The minimum atomic E-state index is 0.150. The van der Waals surface area contributed by atoms with Crippen LogP contribution in [0.25, 0.3) is 0 Å². The number of hydrogen-bond donors (Lipinski definition) is 1. The van der Waals surface area contributed by atoms with Crippen LogP contribution in [0.4, 0.5) is 5.69 Å². The average Bonchev–Trinajstić information content (AvgIpc) is 2.56. The highest BCUT2D eigenvalue weighted by Crippen LogP contribution is 2.18. The third kappa shape index (κ3) is 3.46. The minimum Gasteiger partial charge on any atom is -0.321 e. The summed E-state index contributed by atoms with van der Waals surface area (Å²) in [6.45, 7) is 0. The SMILES string of the molecule is N#Cc1cc(C#N)cc(N=N/C(=N\N)c2ccccn2)c1. The first kappa shape index (κ1) is 13.8. The molecule has 2 N–H and O–H groups in total. The molecule has 1 heterocycles. The molecule has 0 aliphatic rings. The van der Waals surface area contributed by atoms with E-state index in [0.29, 0.717) is 22.5 Å². The van der Waals surface area contributed by atoms with Crippen LogP contribution in [-0.4, -0.2) is 10.8 Å². The molecule has 0 aliphatic heterocycles. The molecule has 0 unspecified atom stereocenters. The Labute approximate surface area is 120 Å². The van der Waals surface area contributed by atoms with Crippen molar-refractivity contribution in [2.24, 2.45) is 21.2 Å². The van der Waals surface area contributed by atoms with Crippen LogP contribution in [0.2, 0.25) is 0 Å². The number of nitriles is 2. The second-order valence-corrected chi connectivity index (χ2v) is 3.86. The van der Waals surface area contributed by atoms with Crippen molar-refractivity contribution in [2.45, 2.75) is 0 Å². The van der Waals surface area contributed by atoms with E-state index in [1.54, 1.807) is 24.4 Å². The largest absolute Gasteiger partial charge is 0.321 e. The topological polar surface area (TPSA) is 124 Å². The number of aromatic nitrogens is 1. The van der Waals surface area contributed by atoms with E-state index in [1.165, 1.54) is 18.2 Å². The van der Waals surface area contributed by atoms with Crippen LogP contribution in [0.15, 0.2) is 57.9 Å². The molecule has 0 amide bonds. The van der Waals surface area contributed by atoms with Gasteiger partial charge in [-0.25, -0.2) is 0 Å². The van der Waals surface area contributed by atoms with Gasteiger partial charge in [-0.2, -0.15) is 15.6 Å². The van der Waals surface area contributed by atoms with Crippen molar-refractivity contribution in [1.29, 1.82) is 10.5 Å². The molecule has 7 heteroatoms. The van der Waals surface area contributed by atoms with E-state index in [2.05, 4.69) is 20.3 Å². The molecule has 21 heavy (non-hydrogen) atoms. The lowest BCUT2D eigenvalue weighted by Gasteiger charge is -1.98. The standard InChI is InChI=1S/C14H9N7/c15-8-10-5-11(9-16)7-12(6-10)20-21-14(19-17)13-3-1-2-4-18-13/h1-7H,17H2/b19-14-,21-20?. The molecule has 0 saturated carbocycles. The Morgan fingerprint density at radius 2 is 1.81 bits per heavy atom. The second kappa shape index (κ2) is 6.55. The van der Waals surface area contributed by atoms with Gasteiger partial charge in [0.15, 0.2) is 0 Å². The Balaban J connectivity index is 2.33. The zero-order valence-corrected chi connectivity index (χ0v) is 10.8. The first-order valence-corrected chi connectivity index (χ1v) is 5.83. The Morgan fingerprint density at radius 1 is 1.10 bits per heavy atom. The molecule has 0 spiro atoms. The number of hydrogen-bond acceptors (Lipinski definition) is 6. The van der Waals surface area contributed by atoms with Crippen LogP contribution in [0.1, 0.15) is 16.8 Å². The van der Waals surface area contributed by atoms with E-state index >= 15 is 0 Å². The number of pyridine rings is 1. The van der Waals surface area contributed by atoms with Crippen molar-refractivity contribution < 1.29 is 0 Å². The Bertz CT molecular complexity index is 747. The first-order valence-electron chi connectivity index (χ1n) is 5.83. The molecule has 2 aromatic rings. The third-order valence-corrected chi connectivity index (χ3v) is 2.45. The van der Waals surface area contributed by atoms with Crippen molar-refractivity contribution in [3.05, 3.63) is 59.4 Å². The maximum absolute atomic E-state index is 8.90. The molecule has 0 bridgehead atoms. The van der Waals surface area contributed by atoms with Gasteiger partial charge < -0.3 is 5.84 Å². The number of rotatable bonds is 2. The normalized spacial score (nSPS) is 11.0. The highest BCUT2D eigenvalue weighted by atomic mass is 15.2. The quantitative estimate of drug-likeness (QED) is 0.296. The molecule has 0 radical (unpaired) electrons. The number of azo groups is 1. The molecule has 7 nitrogen and oxygen atoms in total. The van der Waals surface area contributed by atoms with Crippen molar-refractivity contribution >= 4 is 11.5 Å². The van der Waals surface area contributed by atoms with E-state index in [9.17, 15) is 0 Å². The highest BCUT2D eigenvalue weighted by molar-refractivity contribution is 5.97. The van der Waals surface area contributed by atoms with Crippen LogP contribution in [0, 0.1) is 22.7 Å². The lowest BCUT2D eigenvalue weighted by atomic mass is 10.1. The second-order valence-electron chi connectivity index (χ2n) is 3.86.